The van der Waals surface area contributed by atoms with Gasteiger partial charge in [0.1, 0.15) is 11.4 Å². The molecule has 1 aliphatic rings. The third kappa shape index (κ3) is 3.45. The quantitative estimate of drug-likeness (QED) is 0.201. The summed E-state index contributed by atoms with van der Waals surface area (Å²) in [6, 6.07) is 41.3. The molecule has 0 unspecified atom stereocenters. The smallest absolute Gasteiger partial charge is 0.146 e. The lowest BCUT2D eigenvalue weighted by Crippen LogP contribution is -2.44. The maximum atomic E-state index is 5.73. The van der Waals surface area contributed by atoms with Gasteiger partial charge in [0.15, 0.2) is 0 Å². The zero-order valence-corrected chi connectivity index (χ0v) is 25.3. The van der Waals surface area contributed by atoms with E-state index in [1.54, 1.807) is 7.11 Å². The summed E-state index contributed by atoms with van der Waals surface area (Å²) in [6.07, 6.45) is 0. The molecule has 5 aromatic carbocycles. The van der Waals surface area contributed by atoms with Crippen LogP contribution in [-0.4, -0.2) is 16.5 Å². The minimum Gasteiger partial charge on any atom is -0.497 e. The number of ether oxygens (including phenoxy) is 1. The topological polar surface area (TPSA) is 26.5 Å². The lowest BCUT2D eigenvalue weighted by atomic mass is 9.60. The molecule has 43 heavy (non-hydrogen) atoms. The van der Waals surface area contributed by atoms with Crippen molar-refractivity contribution in [3.8, 4) is 39.3 Å². The number of fused-ring (bicyclic) bond motifs is 3. The fraction of sp³-hybridized carbons (Fsp3) is 0.175. The number of methoxy groups -OCH3 is 1. The molecule has 3 heterocycles. The van der Waals surface area contributed by atoms with E-state index in [1.807, 2.05) is 0 Å². The van der Waals surface area contributed by atoms with E-state index < -0.39 is 0 Å². The molecule has 0 aliphatic carbocycles. The molecule has 3 nitrogen and oxygen atoms in total. The van der Waals surface area contributed by atoms with E-state index in [-0.39, 0.29) is 10.8 Å². The summed E-state index contributed by atoms with van der Waals surface area (Å²) >= 11 is 0. The zero-order chi connectivity index (χ0) is 29.5. The third-order valence-electron chi connectivity index (χ3n) is 10.2. The molecule has 0 radical (unpaired) electrons. The van der Waals surface area contributed by atoms with Gasteiger partial charge >= 0.3 is 0 Å². The molecular formula is C40H34N2O. The molecule has 8 rings (SSSR count). The Bertz CT molecular complexity index is 2150. The molecule has 1 aliphatic heterocycles. The average Bonchev–Trinajstić information content (AvgIpc) is 3.46. The Morgan fingerprint density at radius 1 is 0.605 bits per heavy atom. The number of nitrogens with zero attached hydrogens (tertiary/aromatic N) is 2. The van der Waals surface area contributed by atoms with Gasteiger partial charge in [-0.3, -0.25) is 4.40 Å². The van der Waals surface area contributed by atoms with E-state index >= 15 is 0 Å². The molecule has 0 bridgehead atoms. The molecule has 0 saturated carbocycles. The Morgan fingerprint density at radius 2 is 1.23 bits per heavy atom. The Kier molecular flexibility index (Phi) is 5.43. The van der Waals surface area contributed by atoms with Gasteiger partial charge in [0, 0.05) is 27.2 Å². The Morgan fingerprint density at radius 3 is 1.86 bits per heavy atom. The van der Waals surface area contributed by atoms with Crippen molar-refractivity contribution in [2.45, 2.75) is 38.5 Å². The predicted octanol–water partition coefficient (Wildman–Crippen LogP) is 10.2. The zero-order valence-electron chi connectivity index (χ0n) is 25.3. The molecule has 3 heteroatoms. The van der Waals surface area contributed by atoms with Gasteiger partial charge in [-0.15, -0.1) is 0 Å². The normalized spacial score (nSPS) is 15.0. The van der Waals surface area contributed by atoms with E-state index in [4.69, 9.17) is 9.72 Å². The van der Waals surface area contributed by atoms with Crippen molar-refractivity contribution in [2.24, 2.45) is 0 Å². The minimum absolute atomic E-state index is 0.154. The molecule has 7 aromatic rings. The second-order valence-electron chi connectivity index (χ2n) is 12.8. The summed E-state index contributed by atoms with van der Waals surface area (Å²) in [4.78, 5) is 5.68. The second kappa shape index (κ2) is 9.05. The van der Waals surface area contributed by atoms with E-state index in [2.05, 4.69) is 147 Å². The molecule has 0 fully saturated rings. The van der Waals surface area contributed by atoms with Crippen molar-refractivity contribution >= 4 is 27.3 Å². The van der Waals surface area contributed by atoms with Crippen LogP contribution >= 0.6 is 0 Å². The Hall–Kier alpha value is -4.89. The van der Waals surface area contributed by atoms with Gasteiger partial charge in [-0.1, -0.05) is 125 Å². The minimum atomic E-state index is -0.243. The van der Waals surface area contributed by atoms with Crippen molar-refractivity contribution in [2.75, 3.05) is 7.11 Å². The molecular weight excluding hydrogens is 524 g/mol. The molecule has 0 atom stereocenters. The third-order valence-corrected chi connectivity index (χ3v) is 10.2. The van der Waals surface area contributed by atoms with Gasteiger partial charge in [0.05, 0.1) is 24.0 Å². The number of para-hydroxylation sites is 1. The highest BCUT2D eigenvalue weighted by Crippen LogP contribution is 2.55. The van der Waals surface area contributed by atoms with Crippen LogP contribution in [0, 0.1) is 0 Å². The SMILES string of the molecule is COc1ccc2c(c1)c1nc(-c3c(-c4ccccc4)cccc3-c3ccccc3)c3n1c1c(cccc21)C(C)(C)C3(C)C. The van der Waals surface area contributed by atoms with Crippen molar-refractivity contribution in [1.82, 2.24) is 9.38 Å². The van der Waals surface area contributed by atoms with Crippen LogP contribution in [0.4, 0.5) is 0 Å². The average molecular weight is 559 g/mol. The van der Waals surface area contributed by atoms with Crippen molar-refractivity contribution in [3.05, 3.63) is 127 Å². The van der Waals surface area contributed by atoms with Gasteiger partial charge in [0.25, 0.3) is 0 Å². The molecule has 0 N–H and O–H groups in total. The van der Waals surface area contributed by atoms with Crippen LogP contribution in [0.2, 0.25) is 0 Å². The molecule has 0 saturated heterocycles. The van der Waals surface area contributed by atoms with E-state index in [9.17, 15) is 0 Å². The number of benzene rings is 5. The van der Waals surface area contributed by atoms with Crippen LogP contribution in [0.1, 0.15) is 39.0 Å². The molecule has 0 amide bonds. The van der Waals surface area contributed by atoms with Crippen LogP contribution in [0.25, 0.3) is 60.8 Å². The lowest BCUT2D eigenvalue weighted by Gasteiger charge is -2.46. The van der Waals surface area contributed by atoms with Crippen molar-refractivity contribution in [3.63, 3.8) is 0 Å². The first kappa shape index (κ1) is 25.8. The number of pyridine rings is 1. The first-order valence-corrected chi connectivity index (χ1v) is 15.0. The summed E-state index contributed by atoms with van der Waals surface area (Å²) in [5.41, 5.74) is 11.4. The number of hydrogen-bond donors (Lipinski definition) is 0. The number of aromatic nitrogens is 2. The van der Waals surface area contributed by atoms with Gasteiger partial charge in [0.2, 0.25) is 0 Å². The second-order valence-corrected chi connectivity index (χ2v) is 12.8. The van der Waals surface area contributed by atoms with Crippen LogP contribution in [0.3, 0.4) is 0 Å². The van der Waals surface area contributed by atoms with Crippen LogP contribution in [0.15, 0.2) is 115 Å². The Labute approximate surface area is 252 Å². The maximum absolute atomic E-state index is 5.73. The van der Waals surface area contributed by atoms with Gasteiger partial charge in [-0.2, -0.15) is 0 Å². The standard InChI is InChI=1S/C40H34N2O/c1-39(2)33-21-13-20-31-30-23-22-27(43-5)24-32(30)38-41-35(37(40(39,3)4)42(38)36(31)33)34-28(25-14-8-6-9-15-25)18-12-19-29(34)26-16-10-7-11-17-26/h6-24H,1-5H3. The number of hydrogen-bond acceptors (Lipinski definition) is 2. The Balaban J connectivity index is 1.63. The highest BCUT2D eigenvalue weighted by Gasteiger charge is 2.48. The summed E-state index contributed by atoms with van der Waals surface area (Å²) in [7, 11) is 1.73. The van der Waals surface area contributed by atoms with Crippen molar-refractivity contribution < 1.29 is 4.74 Å². The maximum Gasteiger partial charge on any atom is 0.146 e. The fourth-order valence-corrected chi connectivity index (χ4v) is 7.30. The molecule has 0 spiro atoms. The molecule has 2 aromatic heterocycles. The summed E-state index contributed by atoms with van der Waals surface area (Å²) in [5.74, 6) is 0.835. The highest BCUT2D eigenvalue weighted by molar-refractivity contribution is 6.14. The summed E-state index contributed by atoms with van der Waals surface area (Å²) in [5, 5.41) is 3.55. The monoisotopic (exact) mass is 558 g/mol. The van der Waals surface area contributed by atoms with E-state index in [1.165, 1.54) is 55.4 Å². The lowest BCUT2D eigenvalue weighted by molar-refractivity contribution is 0.289. The fourth-order valence-electron chi connectivity index (χ4n) is 7.30. The van der Waals surface area contributed by atoms with Gasteiger partial charge in [-0.25, -0.2) is 4.98 Å². The van der Waals surface area contributed by atoms with E-state index in [0.29, 0.717) is 0 Å². The number of imidazole rings is 1. The van der Waals surface area contributed by atoms with Crippen LogP contribution < -0.4 is 4.74 Å². The van der Waals surface area contributed by atoms with Crippen molar-refractivity contribution in [1.29, 1.82) is 0 Å². The first-order chi connectivity index (χ1) is 20.8. The largest absolute Gasteiger partial charge is 0.497 e. The van der Waals surface area contributed by atoms with Gasteiger partial charge < -0.3 is 4.74 Å². The van der Waals surface area contributed by atoms with E-state index in [0.717, 1.165) is 22.5 Å². The first-order valence-electron chi connectivity index (χ1n) is 15.0. The van der Waals surface area contributed by atoms with Gasteiger partial charge in [-0.05, 0) is 51.4 Å². The predicted molar refractivity (Wildman–Crippen MR) is 179 cm³/mol. The highest BCUT2D eigenvalue weighted by atomic mass is 16.5. The van der Waals surface area contributed by atoms with Crippen LogP contribution in [-0.2, 0) is 10.8 Å². The summed E-state index contributed by atoms with van der Waals surface area (Å²) in [6.45, 7) is 9.58. The number of rotatable bonds is 4. The molecule has 210 valence electrons. The summed E-state index contributed by atoms with van der Waals surface area (Å²) < 4.78 is 8.21. The van der Waals surface area contributed by atoms with Crippen LogP contribution in [0.5, 0.6) is 5.75 Å².